The number of carboxylic acid groups (broad SMARTS) is 1. The number of carbonyl (C=O) groups excluding carboxylic acids is 1. The van der Waals surface area contributed by atoms with Crippen molar-refractivity contribution < 1.29 is 19.1 Å². The third-order valence-corrected chi connectivity index (χ3v) is 4.08. The van der Waals surface area contributed by atoms with Gasteiger partial charge in [0.25, 0.3) is 0 Å². The predicted molar refractivity (Wildman–Crippen MR) is 84.5 cm³/mol. The number of aromatic nitrogens is 2. The predicted octanol–water partition coefficient (Wildman–Crippen LogP) is 2.34. The van der Waals surface area contributed by atoms with E-state index in [9.17, 15) is 14.0 Å². The highest BCUT2D eigenvalue weighted by molar-refractivity contribution is 5.89. The minimum absolute atomic E-state index is 0.292. The summed E-state index contributed by atoms with van der Waals surface area (Å²) in [5, 5.41) is 15.6. The maximum atomic E-state index is 14.2. The first-order valence-corrected chi connectivity index (χ1v) is 7.63. The molecule has 1 aliphatic heterocycles. The van der Waals surface area contributed by atoms with Gasteiger partial charge in [-0.3, -0.25) is 4.79 Å². The quantitative estimate of drug-likeness (QED) is 0.903. The smallest absolute Gasteiger partial charge is 0.321 e. The zero-order valence-electron chi connectivity index (χ0n) is 12.9. The topological polar surface area (TPSA) is 87.5 Å². The highest BCUT2D eigenvalue weighted by Crippen LogP contribution is 2.20. The molecule has 0 unspecified atom stereocenters. The van der Waals surface area contributed by atoms with Crippen molar-refractivity contribution in [2.24, 2.45) is 5.92 Å². The standard InChI is InChI=1S/C16H17FN4O3/c17-13-10-12(2-3-14(13)21-7-1-6-18-21)19-16(24)20-8-4-11(5-9-20)15(22)23/h1-3,6-7,10-11H,4-5,8-9H2,(H,19,24)(H,22,23). The average Bonchev–Trinajstić information content (AvgIpc) is 3.09. The summed E-state index contributed by atoms with van der Waals surface area (Å²) in [6.07, 6.45) is 4.03. The monoisotopic (exact) mass is 332 g/mol. The van der Waals surface area contributed by atoms with Gasteiger partial charge < -0.3 is 15.3 Å². The van der Waals surface area contributed by atoms with E-state index in [0.717, 1.165) is 0 Å². The van der Waals surface area contributed by atoms with Gasteiger partial charge in [-0.1, -0.05) is 0 Å². The molecular formula is C16H17FN4O3. The number of nitrogens with zero attached hydrogens (tertiary/aromatic N) is 3. The molecule has 0 spiro atoms. The van der Waals surface area contributed by atoms with Crippen LogP contribution in [0.3, 0.4) is 0 Å². The molecule has 2 N–H and O–H groups in total. The van der Waals surface area contributed by atoms with Crippen LogP contribution >= 0.6 is 0 Å². The zero-order chi connectivity index (χ0) is 17.1. The van der Waals surface area contributed by atoms with Crippen LogP contribution in [0.25, 0.3) is 5.69 Å². The maximum absolute atomic E-state index is 14.2. The Kier molecular flexibility index (Phi) is 4.45. The Hall–Kier alpha value is -2.90. The van der Waals surface area contributed by atoms with Gasteiger partial charge in [-0.15, -0.1) is 0 Å². The molecule has 126 valence electrons. The number of aliphatic carboxylic acids is 1. The van der Waals surface area contributed by atoms with Crippen molar-refractivity contribution in [3.05, 3.63) is 42.5 Å². The Bertz CT molecular complexity index is 740. The summed E-state index contributed by atoms with van der Waals surface area (Å²) in [6, 6.07) is 5.70. The van der Waals surface area contributed by atoms with Crippen molar-refractivity contribution in [3.8, 4) is 5.69 Å². The molecular weight excluding hydrogens is 315 g/mol. The van der Waals surface area contributed by atoms with E-state index in [1.807, 2.05) is 0 Å². The van der Waals surface area contributed by atoms with E-state index in [-0.39, 0.29) is 6.03 Å². The van der Waals surface area contributed by atoms with Gasteiger partial charge in [0, 0.05) is 31.2 Å². The van der Waals surface area contributed by atoms with Crippen molar-refractivity contribution in [2.45, 2.75) is 12.8 Å². The van der Waals surface area contributed by atoms with E-state index in [2.05, 4.69) is 10.4 Å². The summed E-state index contributed by atoms with van der Waals surface area (Å²) >= 11 is 0. The van der Waals surface area contributed by atoms with Crippen LogP contribution in [-0.4, -0.2) is 44.9 Å². The van der Waals surface area contributed by atoms with Crippen LogP contribution in [0.4, 0.5) is 14.9 Å². The van der Waals surface area contributed by atoms with Gasteiger partial charge in [0.15, 0.2) is 5.82 Å². The van der Waals surface area contributed by atoms with E-state index in [4.69, 9.17) is 5.11 Å². The first kappa shape index (κ1) is 16.0. The molecule has 2 amide bonds. The van der Waals surface area contributed by atoms with Crippen LogP contribution in [-0.2, 0) is 4.79 Å². The second-order valence-electron chi connectivity index (χ2n) is 5.65. The van der Waals surface area contributed by atoms with E-state index < -0.39 is 17.7 Å². The van der Waals surface area contributed by atoms with Gasteiger partial charge >= 0.3 is 12.0 Å². The lowest BCUT2D eigenvalue weighted by atomic mass is 9.97. The Balaban J connectivity index is 1.63. The molecule has 0 bridgehead atoms. The van der Waals surface area contributed by atoms with E-state index >= 15 is 0 Å². The van der Waals surface area contributed by atoms with Crippen molar-refractivity contribution >= 4 is 17.7 Å². The Labute approximate surface area is 137 Å². The average molecular weight is 332 g/mol. The fourth-order valence-corrected chi connectivity index (χ4v) is 2.71. The zero-order valence-corrected chi connectivity index (χ0v) is 12.9. The second-order valence-corrected chi connectivity index (χ2v) is 5.65. The summed E-state index contributed by atoms with van der Waals surface area (Å²) in [4.78, 5) is 24.7. The van der Waals surface area contributed by atoms with Crippen molar-refractivity contribution in [1.29, 1.82) is 0 Å². The van der Waals surface area contributed by atoms with Gasteiger partial charge in [0.2, 0.25) is 0 Å². The maximum Gasteiger partial charge on any atom is 0.321 e. The lowest BCUT2D eigenvalue weighted by molar-refractivity contribution is -0.143. The summed E-state index contributed by atoms with van der Waals surface area (Å²) in [6.45, 7) is 0.743. The largest absolute Gasteiger partial charge is 0.481 e. The molecule has 7 nitrogen and oxygen atoms in total. The van der Waals surface area contributed by atoms with Gasteiger partial charge in [-0.2, -0.15) is 5.10 Å². The SMILES string of the molecule is O=C(O)C1CCN(C(=O)Nc2ccc(-n3cccn3)c(F)c2)CC1. The van der Waals surface area contributed by atoms with Crippen molar-refractivity contribution in [2.75, 3.05) is 18.4 Å². The lowest BCUT2D eigenvalue weighted by Gasteiger charge is -2.30. The third-order valence-electron chi connectivity index (χ3n) is 4.08. The fourth-order valence-electron chi connectivity index (χ4n) is 2.71. The van der Waals surface area contributed by atoms with Gasteiger partial charge in [0.1, 0.15) is 5.69 Å². The minimum Gasteiger partial charge on any atom is -0.481 e. The lowest BCUT2D eigenvalue weighted by Crippen LogP contribution is -2.42. The number of halogens is 1. The molecule has 1 fully saturated rings. The number of amides is 2. The molecule has 2 heterocycles. The second kappa shape index (κ2) is 6.69. The molecule has 0 radical (unpaired) electrons. The molecule has 3 rings (SSSR count). The normalized spacial score (nSPS) is 15.3. The van der Waals surface area contributed by atoms with E-state index in [1.165, 1.54) is 16.8 Å². The number of carboxylic acids is 1. The highest BCUT2D eigenvalue weighted by atomic mass is 19.1. The summed E-state index contributed by atoms with van der Waals surface area (Å²) in [5.41, 5.74) is 0.633. The summed E-state index contributed by atoms with van der Waals surface area (Å²) < 4.78 is 15.6. The van der Waals surface area contributed by atoms with Gasteiger partial charge in [-0.05, 0) is 37.1 Å². The van der Waals surface area contributed by atoms with Crippen molar-refractivity contribution in [3.63, 3.8) is 0 Å². The van der Waals surface area contributed by atoms with Crippen LogP contribution in [0.1, 0.15) is 12.8 Å². The molecule has 0 saturated carbocycles. The number of nitrogens with one attached hydrogen (secondary N) is 1. The minimum atomic E-state index is -0.827. The van der Waals surface area contributed by atoms with E-state index in [0.29, 0.717) is 37.3 Å². The van der Waals surface area contributed by atoms with Gasteiger partial charge in [-0.25, -0.2) is 13.9 Å². The first-order chi connectivity index (χ1) is 11.5. The van der Waals surface area contributed by atoms with Crippen LogP contribution in [0.5, 0.6) is 0 Å². The number of hydrogen-bond donors (Lipinski definition) is 2. The number of rotatable bonds is 3. The molecule has 2 aromatic rings. The van der Waals surface area contributed by atoms with Crippen LogP contribution in [0, 0.1) is 11.7 Å². The summed E-state index contributed by atoms with van der Waals surface area (Å²) in [5.74, 6) is -1.73. The molecule has 1 aromatic heterocycles. The molecule has 0 aliphatic carbocycles. The van der Waals surface area contributed by atoms with Crippen LogP contribution in [0.2, 0.25) is 0 Å². The van der Waals surface area contributed by atoms with Gasteiger partial charge in [0.05, 0.1) is 5.92 Å². The number of urea groups is 1. The molecule has 1 saturated heterocycles. The number of carbonyl (C=O) groups is 2. The van der Waals surface area contributed by atoms with Crippen LogP contribution < -0.4 is 5.32 Å². The number of anilines is 1. The number of hydrogen-bond acceptors (Lipinski definition) is 3. The highest BCUT2D eigenvalue weighted by Gasteiger charge is 2.27. The molecule has 24 heavy (non-hydrogen) atoms. The number of benzene rings is 1. The third kappa shape index (κ3) is 3.37. The Morgan fingerprint density at radius 3 is 2.62 bits per heavy atom. The summed E-state index contributed by atoms with van der Waals surface area (Å²) in [7, 11) is 0. The van der Waals surface area contributed by atoms with Crippen LogP contribution in [0.15, 0.2) is 36.7 Å². The molecule has 8 heteroatoms. The Morgan fingerprint density at radius 1 is 1.29 bits per heavy atom. The number of likely N-dealkylation sites (tertiary alicyclic amines) is 1. The molecule has 1 aliphatic rings. The fraction of sp³-hybridized carbons (Fsp3) is 0.312. The number of piperidine rings is 1. The Morgan fingerprint density at radius 2 is 2.04 bits per heavy atom. The molecule has 0 atom stereocenters. The molecule has 1 aromatic carbocycles. The first-order valence-electron chi connectivity index (χ1n) is 7.63. The van der Waals surface area contributed by atoms with E-state index in [1.54, 1.807) is 29.4 Å². The van der Waals surface area contributed by atoms with Crippen molar-refractivity contribution in [1.82, 2.24) is 14.7 Å².